The first-order valence-corrected chi connectivity index (χ1v) is 7.72. The lowest BCUT2D eigenvalue weighted by molar-refractivity contribution is -0.147. The summed E-state index contributed by atoms with van der Waals surface area (Å²) in [5.41, 5.74) is 0. The summed E-state index contributed by atoms with van der Waals surface area (Å²) >= 11 is 0. The average molecular weight is 292 g/mol. The SMILES string of the molecule is O=C1CC[C@@H]2C(=O)N(CC(=O)N3CCCCC3)C(=O)[C@H]2C1. The predicted octanol–water partition coefficient (Wildman–Crippen LogP) is 0.353. The van der Waals surface area contributed by atoms with Crippen molar-refractivity contribution < 1.29 is 19.2 Å². The fraction of sp³-hybridized carbons (Fsp3) is 0.733. The van der Waals surface area contributed by atoms with Crippen LogP contribution in [0.4, 0.5) is 0 Å². The fourth-order valence-electron chi connectivity index (χ4n) is 3.61. The van der Waals surface area contributed by atoms with Crippen LogP contribution in [-0.2, 0) is 19.2 Å². The molecule has 0 unspecified atom stereocenters. The number of nitrogens with zero attached hydrogens (tertiary/aromatic N) is 2. The summed E-state index contributed by atoms with van der Waals surface area (Å²) in [6.45, 7) is 1.26. The van der Waals surface area contributed by atoms with Crippen molar-refractivity contribution in [1.82, 2.24) is 9.80 Å². The summed E-state index contributed by atoms with van der Waals surface area (Å²) in [7, 11) is 0. The number of ketones is 1. The first-order valence-electron chi connectivity index (χ1n) is 7.72. The van der Waals surface area contributed by atoms with E-state index in [1.165, 1.54) is 0 Å². The molecule has 0 bridgehead atoms. The lowest BCUT2D eigenvalue weighted by Crippen LogP contribution is -2.44. The number of amides is 3. The first-order chi connectivity index (χ1) is 10.1. The van der Waals surface area contributed by atoms with Gasteiger partial charge in [0.2, 0.25) is 17.7 Å². The molecule has 0 N–H and O–H groups in total. The Kier molecular flexibility index (Phi) is 3.78. The Balaban J connectivity index is 1.67. The zero-order valence-electron chi connectivity index (χ0n) is 12.0. The molecule has 3 fully saturated rings. The van der Waals surface area contributed by atoms with E-state index in [1.54, 1.807) is 4.90 Å². The van der Waals surface area contributed by atoms with E-state index in [9.17, 15) is 19.2 Å². The fourth-order valence-corrected chi connectivity index (χ4v) is 3.61. The predicted molar refractivity (Wildman–Crippen MR) is 73.0 cm³/mol. The van der Waals surface area contributed by atoms with Gasteiger partial charge in [0.15, 0.2) is 0 Å². The van der Waals surface area contributed by atoms with Crippen LogP contribution < -0.4 is 0 Å². The molecule has 0 radical (unpaired) electrons. The van der Waals surface area contributed by atoms with Crippen LogP contribution in [0, 0.1) is 11.8 Å². The molecule has 2 saturated heterocycles. The Morgan fingerprint density at radius 3 is 2.38 bits per heavy atom. The first kappa shape index (κ1) is 14.2. The standard InChI is InChI=1S/C15H20N2O4/c18-10-4-5-11-12(8-10)15(21)17(14(11)20)9-13(19)16-6-2-1-3-7-16/h11-12H,1-9H2/t11-,12-/m0/s1. The lowest BCUT2D eigenvalue weighted by atomic mass is 9.80. The maximum absolute atomic E-state index is 12.3. The van der Waals surface area contributed by atoms with Gasteiger partial charge < -0.3 is 4.90 Å². The number of piperidine rings is 1. The van der Waals surface area contributed by atoms with Crippen molar-refractivity contribution in [3.05, 3.63) is 0 Å². The third-order valence-corrected chi connectivity index (χ3v) is 4.84. The Morgan fingerprint density at radius 1 is 1.00 bits per heavy atom. The Hall–Kier alpha value is -1.72. The van der Waals surface area contributed by atoms with Gasteiger partial charge in [-0.3, -0.25) is 24.1 Å². The Labute approximate surface area is 123 Å². The second-order valence-corrected chi connectivity index (χ2v) is 6.20. The molecule has 1 saturated carbocycles. The minimum atomic E-state index is -0.520. The third-order valence-electron chi connectivity index (χ3n) is 4.84. The molecule has 21 heavy (non-hydrogen) atoms. The van der Waals surface area contributed by atoms with Crippen LogP contribution in [0.15, 0.2) is 0 Å². The minimum absolute atomic E-state index is 0.0432. The molecule has 1 aliphatic carbocycles. The van der Waals surface area contributed by atoms with E-state index in [1.807, 2.05) is 0 Å². The number of hydrogen-bond acceptors (Lipinski definition) is 4. The van der Waals surface area contributed by atoms with Gasteiger partial charge in [-0.25, -0.2) is 0 Å². The molecule has 6 heteroatoms. The van der Waals surface area contributed by atoms with E-state index >= 15 is 0 Å². The second-order valence-electron chi connectivity index (χ2n) is 6.20. The molecule has 2 atom stereocenters. The van der Waals surface area contributed by atoms with E-state index in [2.05, 4.69) is 0 Å². The normalized spacial score (nSPS) is 29.8. The van der Waals surface area contributed by atoms with Crippen molar-refractivity contribution in [1.29, 1.82) is 0 Å². The monoisotopic (exact) mass is 292 g/mol. The molecule has 2 aliphatic heterocycles. The van der Waals surface area contributed by atoms with Gasteiger partial charge in [0.25, 0.3) is 0 Å². The van der Waals surface area contributed by atoms with Crippen molar-refractivity contribution in [3.8, 4) is 0 Å². The van der Waals surface area contributed by atoms with Gasteiger partial charge in [0, 0.05) is 25.9 Å². The third kappa shape index (κ3) is 2.59. The zero-order valence-corrected chi connectivity index (χ0v) is 12.0. The molecule has 114 valence electrons. The van der Waals surface area contributed by atoms with Crippen molar-refractivity contribution in [2.45, 2.75) is 38.5 Å². The number of likely N-dealkylation sites (tertiary alicyclic amines) is 2. The van der Waals surface area contributed by atoms with Crippen molar-refractivity contribution in [2.75, 3.05) is 19.6 Å². The maximum atomic E-state index is 12.3. The molecule has 3 rings (SSSR count). The van der Waals surface area contributed by atoms with E-state index < -0.39 is 5.92 Å². The molecule has 3 aliphatic rings. The van der Waals surface area contributed by atoms with Crippen LogP contribution in [-0.4, -0.2) is 52.9 Å². The van der Waals surface area contributed by atoms with Gasteiger partial charge in [0.1, 0.15) is 12.3 Å². The van der Waals surface area contributed by atoms with E-state index in [-0.39, 0.29) is 42.4 Å². The van der Waals surface area contributed by atoms with Crippen LogP contribution in [0.5, 0.6) is 0 Å². The van der Waals surface area contributed by atoms with Crippen LogP contribution >= 0.6 is 0 Å². The average Bonchev–Trinajstić information content (AvgIpc) is 2.73. The molecular weight excluding hydrogens is 272 g/mol. The quantitative estimate of drug-likeness (QED) is 0.688. The van der Waals surface area contributed by atoms with Crippen LogP contribution in [0.2, 0.25) is 0 Å². The highest BCUT2D eigenvalue weighted by molar-refractivity contribution is 6.09. The van der Waals surface area contributed by atoms with Crippen LogP contribution in [0.3, 0.4) is 0 Å². The largest absolute Gasteiger partial charge is 0.341 e. The zero-order chi connectivity index (χ0) is 15.0. The summed E-state index contributed by atoms with van der Waals surface area (Å²) < 4.78 is 0. The van der Waals surface area contributed by atoms with Crippen molar-refractivity contribution in [3.63, 3.8) is 0 Å². The Morgan fingerprint density at radius 2 is 1.67 bits per heavy atom. The van der Waals surface area contributed by atoms with E-state index in [4.69, 9.17) is 0 Å². The number of carbonyl (C=O) groups excluding carboxylic acids is 4. The van der Waals surface area contributed by atoms with Gasteiger partial charge in [-0.05, 0) is 25.7 Å². The molecule has 2 heterocycles. The summed E-state index contributed by atoms with van der Waals surface area (Å²) in [4.78, 5) is 51.1. The number of imide groups is 1. The summed E-state index contributed by atoms with van der Waals surface area (Å²) in [5, 5.41) is 0. The second kappa shape index (κ2) is 5.58. The molecule has 0 aromatic carbocycles. The molecule has 6 nitrogen and oxygen atoms in total. The van der Waals surface area contributed by atoms with Crippen LogP contribution in [0.1, 0.15) is 38.5 Å². The van der Waals surface area contributed by atoms with Gasteiger partial charge in [-0.2, -0.15) is 0 Å². The highest BCUT2D eigenvalue weighted by atomic mass is 16.2. The molecule has 3 amide bonds. The van der Waals surface area contributed by atoms with Gasteiger partial charge in [0.05, 0.1) is 11.8 Å². The van der Waals surface area contributed by atoms with Gasteiger partial charge in [-0.1, -0.05) is 0 Å². The molecule has 0 spiro atoms. The van der Waals surface area contributed by atoms with Gasteiger partial charge >= 0.3 is 0 Å². The molecular formula is C15H20N2O4. The number of carbonyl (C=O) groups is 4. The summed E-state index contributed by atoms with van der Waals surface area (Å²) in [6, 6.07) is 0. The van der Waals surface area contributed by atoms with E-state index in [0.29, 0.717) is 25.9 Å². The van der Waals surface area contributed by atoms with Crippen LogP contribution in [0.25, 0.3) is 0 Å². The summed E-state index contributed by atoms with van der Waals surface area (Å²) in [6.07, 6.45) is 4.05. The summed E-state index contributed by atoms with van der Waals surface area (Å²) in [5.74, 6) is -1.61. The maximum Gasteiger partial charge on any atom is 0.242 e. The lowest BCUT2D eigenvalue weighted by Gasteiger charge is -2.28. The Bertz CT molecular complexity index is 496. The smallest absolute Gasteiger partial charge is 0.242 e. The number of fused-ring (bicyclic) bond motifs is 1. The number of hydrogen-bond donors (Lipinski definition) is 0. The molecule has 0 aromatic heterocycles. The van der Waals surface area contributed by atoms with Crippen molar-refractivity contribution in [2.24, 2.45) is 11.8 Å². The van der Waals surface area contributed by atoms with Crippen molar-refractivity contribution >= 4 is 23.5 Å². The van der Waals surface area contributed by atoms with Gasteiger partial charge in [-0.15, -0.1) is 0 Å². The van der Waals surface area contributed by atoms with E-state index in [0.717, 1.165) is 24.2 Å². The highest BCUT2D eigenvalue weighted by Crippen LogP contribution is 2.36. The highest BCUT2D eigenvalue weighted by Gasteiger charge is 2.50. The number of rotatable bonds is 2. The number of Topliss-reactive ketones (excluding diaryl/α,β-unsaturated/α-hetero) is 1. The topological polar surface area (TPSA) is 74.8 Å². The molecule has 0 aromatic rings. The minimum Gasteiger partial charge on any atom is -0.341 e.